The van der Waals surface area contributed by atoms with E-state index in [0.717, 1.165) is 22.3 Å². The number of hydrogen-bond donors (Lipinski definition) is 1. The Morgan fingerprint density at radius 2 is 1.83 bits per heavy atom. The van der Waals surface area contributed by atoms with Crippen LogP contribution >= 0.6 is 11.8 Å². The Balaban J connectivity index is 1.57. The minimum absolute atomic E-state index is 0.102. The van der Waals surface area contributed by atoms with Crippen molar-refractivity contribution in [1.82, 2.24) is 19.7 Å². The molecule has 0 aliphatic heterocycles. The molecule has 2 aromatic heterocycles. The average Bonchev–Trinajstić information content (AvgIpc) is 3.14. The molecule has 0 bridgehead atoms. The number of hydrogen-bond acceptors (Lipinski definition) is 6. The summed E-state index contributed by atoms with van der Waals surface area (Å²) in [5.41, 5.74) is 2.29. The molecule has 0 saturated carbocycles. The highest BCUT2D eigenvalue weighted by molar-refractivity contribution is 7.99. The normalized spacial score (nSPS) is 12.5. The molecule has 6 nitrogen and oxygen atoms in total. The molecule has 1 atom stereocenters. The summed E-state index contributed by atoms with van der Waals surface area (Å²) in [5.74, 6) is 1.96. The number of benzene rings is 1. The number of allylic oxidation sites excluding steroid dienone is 1. The van der Waals surface area contributed by atoms with Crippen LogP contribution in [0.5, 0.6) is 5.75 Å². The van der Waals surface area contributed by atoms with Gasteiger partial charge in [-0.1, -0.05) is 50.7 Å². The van der Waals surface area contributed by atoms with E-state index in [0.29, 0.717) is 12.3 Å². The lowest BCUT2D eigenvalue weighted by molar-refractivity contribution is 0.126. The summed E-state index contributed by atoms with van der Waals surface area (Å²) < 4.78 is 7.72. The molecule has 1 aromatic carbocycles. The van der Waals surface area contributed by atoms with Gasteiger partial charge in [0.05, 0.1) is 6.10 Å². The van der Waals surface area contributed by atoms with Crippen molar-refractivity contribution >= 4 is 11.8 Å². The van der Waals surface area contributed by atoms with Crippen molar-refractivity contribution in [2.24, 2.45) is 0 Å². The molecule has 0 amide bonds. The Labute approximate surface area is 182 Å². The van der Waals surface area contributed by atoms with Gasteiger partial charge in [-0.3, -0.25) is 9.55 Å². The first-order valence-corrected chi connectivity index (χ1v) is 10.9. The Kier molecular flexibility index (Phi) is 7.29. The highest BCUT2D eigenvalue weighted by atomic mass is 32.2. The number of rotatable bonds is 9. The minimum Gasteiger partial charge on any atom is -0.491 e. The monoisotopic (exact) mass is 424 g/mol. The molecule has 0 aliphatic rings. The van der Waals surface area contributed by atoms with Gasteiger partial charge in [0, 0.05) is 30.3 Å². The van der Waals surface area contributed by atoms with Gasteiger partial charge < -0.3 is 9.84 Å². The van der Waals surface area contributed by atoms with Crippen molar-refractivity contribution in [3.8, 4) is 17.1 Å². The molecule has 1 N–H and O–H groups in total. The highest BCUT2D eigenvalue weighted by Gasteiger charge is 2.16. The minimum atomic E-state index is -0.629. The van der Waals surface area contributed by atoms with Crippen LogP contribution in [0.25, 0.3) is 11.4 Å². The maximum Gasteiger partial charge on any atom is 0.191 e. The Hall–Kier alpha value is -2.64. The van der Waals surface area contributed by atoms with Gasteiger partial charge in [0.15, 0.2) is 11.0 Å². The van der Waals surface area contributed by atoms with Crippen molar-refractivity contribution < 1.29 is 9.84 Å². The predicted molar refractivity (Wildman–Crippen MR) is 121 cm³/mol. The Morgan fingerprint density at radius 3 is 2.47 bits per heavy atom. The summed E-state index contributed by atoms with van der Waals surface area (Å²) in [4.78, 5) is 4.05. The first-order valence-electron chi connectivity index (χ1n) is 9.87. The second kappa shape index (κ2) is 9.91. The van der Waals surface area contributed by atoms with E-state index >= 15 is 0 Å². The summed E-state index contributed by atoms with van der Waals surface area (Å²) in [5, 5.41) is 19.7. The van der Waals surface area contributed by atoms with E-state index < -0.39 is 6.10 Å². The van der Waals surface area contributed by atoms with Gasteiger partial charge in [-0.2, -0.15) is 0 Å². The third-order valence-corrected chi connectivity index (χ3v) is 5.65. The van der Waals surface area contributed by atoms with Crippen molar-refractivity contribution in [3.63, 3.8) is 0 Å². The molecule has 0 spiro atoms. The zero-order chi connectivity index (χ0) is 21.6. The van der Waals surface area contributed by atoms with Gasteiger partial charge >= 0.3 is 0 Å². The molecule has 3 aromatic rings. The van der Waals surface area contributed by atoms with Crippen LogP contribution in [-0.2, 0) is 12.0 Å². The summed E-state index contributed by atoms with van der Waals surface area (Å²) in [6.45, 7) is 11.2. The molecule has 0 unspecified atom stereocenters. The number of aliphatic hydroxyl groups is 1. The zero-order valence-corrected chi connectivity index (χ0v) is 18.5. The standard InChI is InChI=1S/C23H28N4O2S/c1-5-14-27-21(17-10-12-24-13-11-17)25-26-22(27)30-16-19(28)15-29-20-8-6-18(7-9-20)23(2,3)4/h5-13,19,28H,1,14-16H2,2-4H3/t19-/m1/s1. The number of pyridine rings is 1. The van der Waals surface area contributed by atoms with E-state index in [-0.39, 0.29) is 12.0 Å². The molecule has 2 heterocycles. The van der Waals surface area contributed by atoms with Crippen LogP contribution in [0.2, 0.25) is 0 Å². The molecular formula is C23H28N4O2S. The van der Waals surface area contributed by atoms with Crippen LogP contribution < -0.4 is 4.74 Å². The third-order valence-electron chi connectivity index (χ3n) is 4.53. The smallest absolute Gasteiger partial charge is 0.191 e. The number of aliphatic hydroxyl groups excluding tert-OH is 1. The lowest BCUT2D eigenvalue weighted by Crippen LogP contribution is -2.20. The van der Waals surface area contributed by atoms with Gasteiger partial charge in [-0.05, 0) is 35.2 Å². The van der Waals surface area contributed by atoms with Gasteiger partial charge in [-0.25, -0.2) is 0 Å². The molecule has 3 rings (SSSR count). The lowest BCUT2D eigenvalue weighted by atomic mass is 9.87. The lowest BCUT2D eigenvalue weighted by Gasteiger charge is -2.19. The molecule has 0 aliphatic carbocycles. The molecule has 0 fully saturated rings. The molecule has 158 valence electrons. The quantitative estimate of drug-likeness (QED) is 0.407. The van der Waals surface area contributed by atoms with Gasteiger partial charge in [0.2, 0.25) is 0 Å². The fraction of sp³-hybridized carbons (Fsp3) is 0.348. The number of nitrogens with zero attached hydrogens (tertiary/aromatic N) is 4. The SMILES string of the molecule is C=CCn1c(SC[C@H](O)COc2ccc(C(C)(C)C)cc2)nnc1-c1ccncc1. The van der Waals surface area contributed by atoms with E-state index in [1.165, 1.54) is 17.3 Å². The number of aromatic nitrogens is 4. The topological polar surface area (TPSA) is 73.1 Å². The maximum absolute atomic E-state index is 10.4. The van der Waals surface area contributed by atoms with Crippen LogP contribution in [-0.4, -0.2) is 43.3 Å². The van der Waals surface area contributed by atoms with Crippen molar-refractivity contribution in [1.29, 1.82) is 0 Å². The largest absolute Gasteiger partial charge is 0.491 e. The predicted octanol–water partition coefficient (Wildman–Crippen LogP) is 4.36. The average molecular weight is 425 g/mol. The van der Waals surface area contributed by atoms with Gasteiger partial charge in [-0.15, -0.1) is 16.8 Å². The molecular weight excluding hydrogens is 396 g/mol. The second-order valence-corrected chi connectivity index (χ2v) is 8.98. The molecule has 0 radical (unpaired) electrons. The van der Waals surface area contributed by atoms with E-state index in [2.05, 4.69) is 54.7 Å². The van der Waals surface area contributed by atoms with E-state index in [9.17, 15) is 5.11 Å². The first kappa shape index (κ1) is 22.1. The van der Waals surface area contributed by atoms with Crippen molar-refractivity contribution in [2.75, 3.05) is 12.4 Å². The summed E-state index contributed by atoms with van der Waals surface area (Å²) in [6.07, 6.45) is 4.63. The van der Waals surface area contributed by atoms with E-state index in [1.807, 2.05) is 28.8 Å². The fourth-order valence-electron chi connectivity index (χ4n) is 2.87. The summed E-state index contributed by atoms with van der Waals surface area (Å²) >= 11 is 1.45. The second-order valence-electron chi connectivity index (χ2n) is 7.99. The highest BCUT2D eigenvalue weighted by Crippen LogP contribution is 2.26. The Morgan fingerprint density at radius 1 is 1.13 bits per heavy atom. The van der Waals surface area contributed by atoms with Crippen LogP contribution in [0.1, 0.15) is 26.3 Å². The summed E-state index contributed by atoms with van der Waals surface area (Å²) in [7, 11) is 0. The van der Waals surface area contributed by atoms with Crippen LogP contribution in [0, 0.1) is 0 Å². The first-order chi connectivity index (χ1) is 14.4. The summed E-state index contributed by atoms with van der Waals surface area (Å²) in [6, 6.07) is 11.8. The van der Waals surface area contributed by atoms with Crippen LogP contribution in [0.4, 0.5) is 0 Å². The van der Waals surface area contributed by atoms with Crippen molar-refractivity contribution in [3.05, 3.63) is 67.0 Å². The van der Waals surface area contributed by atoms with Gasteiger partial charge in [0.25, 0.3) is 0 Å². The zero-order valence-electron chi connectivity index (χ0n) is 17.7. The van der Waals surface area contributed by atoms with E-state index in [1.54, 1.807) is 18.5 Å². The Bertz CT molecular complexity index is 950. The molecule has 30 heavy (non-hydrogen) atoms. The van der Waals surface area contributed by atoms with Crippen molar-refractivity contribution in [2.45, 2.75) is 44.0 Å². The van der Waals surface area contributed by atoms with E-state index in [4.69, 9.17) is 4.74 Å². The van der Waals surface area contributed by atoms with Crippen LogP contribution in [0.15, 0.2) is 66.6 Å². The molecule has 7 heteroatoms. The van der Waals surface area contributed by atoms with Gasteiger partial charge in [0.1, 0.15) is 12.4 Å². The molecule has 0 saturated heterocycles. The van der Waals surface area contributed by atoms with Crippen LogP contribution in [0.3, 0.4) is 0 Å². The fourth-order valence-corrected chi connectivity index (χ4v) is 3.72. The third kappa shape index (κ3) is 5.70. The maximum atomic E-state index is 10.4. The number of thioether (sulfide) groups is 1. The number of ether oxygens (including phenoxy) is 1.